The van der Waals surface area contributed by atoms with Gasteiger partial charge in [0.25, 0.3) is 5.91 Å². The molecule has 0 spiro atoms. The molecule has 0 aliphatic rings. The second-order valence-electron chi connectivity index (χ2n) is 5.64. The van der Waals surface area contributed by atoms with Crippen LogP contribution in [0.25, 0.3) is 10.8 Å². The average Bonchev–Trinajstić information content (AvgIpc) is 2.71. The van der Waals surface area contributed by atoms with E-state index in [9.17, 15) is 4.79 Å². The standard InChI is InChI=1S/C21H20N2O4/c1-25-19-12-6-9-16(21(19)26-2)13-22-23-20(24)14-27-18-11-5-8-15-7-3-4-10-17(15)18/h3-13H,14H2,1-2H3,(H,23,24). The second kappa shape index (κ2) is 8.71. The lowest BCUT2D eigenvalue weighted by molar-refractivity contribution is -0.123. The van der Waals surface area contributed by atoms with E-state index in [0.717, 1.165) is 10.8 Å². The van der Waals surface area contributed by atoms with Crippen molar-refractivity contribution in [3.05, 3.63) is 66.2 Å². The fraction of sp³-hybridized carbons (Fsp3) is 0.143. The van der Waals surface area contributed by atoms with Gasteiger partial charge in [-0.25, -0.2) is 5.43 Å². The second-order valence-corrected chi connectivity index (χ2v) is 5.64. The number of amides is 1. The molecule has 0 aliphatic carbocycles. The van der Waals surface area contributed by atoms with E-state index < -0.39 is 0 Å². The summed E-state index contributed by atoms with van der Waals surface area (Å²) in [6.07, 6.45) is 1.50. The number of fused-ring (bicyclic) bond motifs is 1. The van der Waals surface area contributed by atoms with E-state index in [0.29, 0.717) is 22.8 Å². The van der Waals surface area contributed by atoms with E-state index in [1.807, 2.05) is 54.6 Å². The van der Waals surface area contributed by atoms with Crippen LogP contribution in [0.4, 0.5) is 0 Å². The Morgan fingerprint density at radius 3 is 2.52 bits per heavy atom. The first-order valence-corrected chi connectivity index (χ1v) is 8.36. The average molecular weight is 364 g/mol. The molecule has 0 aromatic heterocycles. The van der Waals surface area contributed by atoms with Crippen molar-refractivity contribution in [2.75, 3.05) is 20.8 Å². The van der Waals surface area contributed by atoms with Crippen molar-refractivity contribution >= 4 is 22.9 Å². The summed E-state index contributed by atoms with van der Waals surface area (Å²) in [6.45, 7) is -0.138. The minimum absolute atomic E-state index is 0.138. The van der Waals surface area contributed by atoms with Crippen LogP contribution in [0.2, 0.25) is 0 Å². The summed E-state index contributed by atoms with van der Waals surface area (Å²) in [6, 6.07) is 19.0. The molecule has 0 heterocycles. The van der Waals surface area contributed by atoms with Crippen LogP contribution in [0.1, 0.15) is 5.56 Å². The van der Waals surface area contributed by atoms with Gasteiger partial charge in [0.15, 0.2) is 18.1 Å². The van der Waals surface area contributed by atoms with Crippen molar-refractivity contribution in [1.82, 2.24) is 5.43 Å². The topological polar surface area (TPSA) is 69.2 Å². The van der Waals surface area contributed by atoms with Crippen LogP contribution in [0, 0.1) is 0 Å². The Kier molecular flexibility index (Phi) is 5.89. The Bertz CT molecular complexity index is 964. The molecule has 6 heteroatoms. The lowest BCUT2D eigenvalue weighted by Crippen LogP contribution is -2.24. The Balaban J connectivity index is 1.61. The highest BCUT2D eigenvalue weighted by Crippen LogP contribution is 2.29. The minimum Gasteiger partial charge on any atom is -0.493 e. The van der Waals surface area contributed by atoms with E-state index in [1.165, 1.54) is 6.21 Å². The summed E-state index contributed by atoms with van der Waals surface area (Å²) >= 11 is 0. The molecule has 1 N–H and O–H groups in total. The number of rotatable bonds is 7. The Morgan fingerprint density at radius 1 is 0.963 bits per heavy atom. The summed E-state index contributed by atoms with van der Waals surface area (Å²) < 4.78 is 16.2. The summed E-state index contributed by atoms with van der Waals surface area (Å²) in [5.41, 5.74) is 3.13. The van der Waals surface area contributed by atoms with Gasteiger partial charge in [-0.3, -0.25) is 4.79 Å². The van der Waals surface area contributed by atoms with Gasteiger partial charge < -0.3 is 14.2 Å². The molecule has 0 atom stereocenters. The lowest BCUT2D eigenvalue weighted by Gasteiger charge is -2.10. The predicted octanol–water partition coefficient (Wildman–Crippen LogP) is 3.39. The quantitative estimate of drug-likeness (QED) is 0.515. The van der Waals surface area contributed by atoms with Crippen LogP contribution in [-0.4, -0.2) is 32.9 Å². The van der Waals surface area contributed by atoms with Gasteiger partial charge >= 0.3 is 0 Å². The van der Waals surface area contributed by atoms with E-state index in [2.05, 4.69) is 10.5 Å². The monoisotopic (exact) mass is 364 g/mol. The number of hydrogen-bond acceptors (Lipinski definition) is 5. The molecule has 3 aromatic rings. The summed E-state index contributed by atoms with van der Waals surface area (Å²) in [7, 11) is 3.11. The summed E-state index contributed by atoms with van der Waals surface area (Å²) in [4.78, 5) is 12.0. The molecule has 138 valence electrons. The molecule has 27 heavy (non-hydrogen) atoms. The van der Waals surface area contributed by atoms with Crippen LogP contribution >= 0.6 is 0 Å². The number of benzene rings is 3. The molecule has 0 unspecified atom stereocenters. The molecule has 0 fully saturated rings. The Morgan fingerprint density at radius 2 is 1.70 bits per heavy atom. The third kappa shape index (κ3) is 4.36. The first kappa shape index (κ1) is 18.3. The van der Waals surface area contributed by atoms with Gasteiger partial charge in [-0.05, 0) is 23.6 Å². The van der Waals surface area contributed by atoms with Gasteiger partial charge in [0.05, 0.1) is 20.4 Å². The summed E-state index contributed by atoms with van der Waals surface area (Å²) in [5, 5.41) is 5.97. The van der Waals surface area contributed by atoms with Gasteiger partial charge in [-0.1, -0.05) is 42.5 Å². The SMILES string of the molecule is COc1cccc(C=NNC(=O)COc2cccc3ccccc23)c1OC. The van der Waals surface area contributed by atoms with Crippen molar-refractivity contribution < 1.29 is 19.0 Å². The van der Waals surface area contributed by atoms with Crippen LogP contribution in [0.5, 0.6) is 17.2 Å². The van der Waals surface area contributed by atoms with E-state index in [4.69, 9.17) is 14.2 Å². The fourth-order valence-corrected chi connectivity index (χ4v) is 2.68. The minimum atomic E-state index is -0.360. The molecule has 0 aliphatic heterocycles. The molecule has 6 nitrogen and oxygen atoms in total. The molecule has 1 amide bonds. The van der Waals surface area contributed by atoms with E-state index >= 15 is 0 Å². The van der Waals surface area contributed by atoms with E-state index in [1.54, 1.807) is 20.3 Å². The zero-order valence-electron chi connectivity index (χ0n) is 15.1. The molecular formula is C21H20N2O4. The smallest absolute Gasteiger partial charge is 0.277 e. The van der Waals surface area contributed by atoms with Gasteiger partial charge in [0.2, 0.25) is 0 Å². The molecule has 0 saturated heterocycles. The zero-order valence-corrected chi connectivity index (χ0v) is 15.1. The number of carbonyl (C=O) groups is 1. The van der Waals surface area contributed by atoms with Crippen LogP contribution in [0.3, 0.4) is 0 Å². The number of nitrogens with zero attached hydrogens (tertiary/aromatic N) is 1. The van der Waals surface area contributed by atoms with Crippen molar-refractivity contribution in [3.63, 3.8) is 0 Å². The highest BCUT2D eigenvalue weighted by Gasteiger charge is 2.08. The number of methoxy groups -OCH3 is 2. The Hall–Kier alpha value is -3.54. The van der Waals surface area contributed by atoms with Gasteiger partial charge in [-0.2, -0.15) is 5.10 Å². The summed E-state index contributed by atoms with van der Waals surface area (Å²) in [5.74, 6) is 1.43. The molecular weight excluding hydrogens is 344 g/mol. The maximum atomic E-state index is 12.0. The number of hydrogen-bond donors (Lipinski definition) is 1. The molecule has 3 rings (SSSR count). The van der Waals surface area contributed by atoms with Gasteiger partial charge in [-0.15, -0.1) is 0 Å². The van der Waals surface area contributed by atoms with Gasteiger partial charge in [0, 0.05) is 10.9 Å². The number of nitrogens with one attached hydrogen (secondary N) is 1. The van der Waals surface area contributed by atoms with Crippen LogP contribution < -0.4 is 19.6 Å². The molecule has 0 radical (unpaired) electrons. The van der Waals surface area contributed by atoms with E-state index in [-0.39, 0.29) is 12.5 Å². The third-order valence-corrected chi connectivity index (χ3v) is 3.93. The Labute approximate surface area is 157 Å². The lowest BCUT2D eigenvalue weighted by atomic mass is 10.1. The van der Waals surface area contributed by atoms with Crippen molar-refractivity contribution in [1.29, 1.82) is 0 Å². The maximum Gasteiger partial charge on any atom is 0.277 e. The van der Waals surface area contributed by atoms with Crippen LogP contribution in [0.15, 0.2) is 65.8 Å². The van der Waals surface area contributed by atoms with Crippen molar-refractivity contribution in [2.45, 2.75) is 0 Å². The fourth-order valence-electron chi connectivity index (χ4n) is 2.68. The first-order chi connectivity index (χ1) is 13.2. The predicted molar refractivity (Wildman–Crippen MR) is 105 cm³/mol. The van der Waals surface area contributed by atoms with Crippen LogP contribution in [-0.2, 0) is 4.79 Å². The zero-order chi connectivity index (χ0) is 19.1. The number of para-hydroxylation sites is 1. The third-order valence-electron chi connectivity index (χ3n) is 3.93. The van der Waals surface area contributed by atoms with Gasteiger partial charge in [0.1, 0.15) is 5.75 Å². The highest BCUT2D eigenvalue weighted by atomic mass is 16.5. The largest absolute Gasteiger partial charge is 0.493 e. The maximum absolute atomic E-state index is 12.0. The first-order valence-electron chi connectivity index (χ1n) is 8.36. The number of ether oxygens (including phenoxy) is 3. The van der Waals surface area contributed by atoms with Crippen molar-refractivity contribution in [3.8, 4) is 17.2 Å². The van der Waals surface area contributed by atoms with Crippen molar-refractivity contribution in [2.24, 2.45) is 5.10 Å². The normalized spacial score (nSPS) is 10.7. The number of hydrazone groups is 1. The highest BCUT2D eigenvalue weighted by molar-refractivity contribution is 5.89. The number of carbonyl (C=O) groups excluding carboxylic acids is 1. The molecule has 0 bridgehead atoms. The molecule has 0 saturated carbocycles. The molecule has 3 aromatic carbocycles.